The van der Waals surface area contributed by atoms with Crippen LogP contribution in [0.1, 0.15) is 18.1 Å². The minimum Gasteiger partial charge on any atom is -0.455 e. The quantitative estimate of drug-likeness (QED) is 0.782. The van der Waals surface area contributed by atoms with E-state index in [-0.39, 0.29) is 18.9 Å². The van der Waals surface area contributed by atoms with Gasteiger partial charge in [0.1, 0.15) is 0 Å². The highest BCUT2D eigenvalue weighted by atomic mass is 79.9. The average molecular weight is 376 g/mol. The molecule has 23 heavy (non-hydrogen) atoms. The summed E-state index contributed by atoms with van der Waals surface area (Å²) >= 11 is 3.34. The van der Waals surface area contributed by atoms with Crippen molar-refractivity contribution < 1.29 is 14.3 Å². The lowest BCUT2D eigenvalue weighted by molar-refractivity contribution is -0.146. The van der Waals surface area contributed by atoms with Crippen molar-refractivity contribution in [2.75, 3.05) is 11.9 Å². The van der Waals surface area contributed by atoms with Crippen LogP contribution in [0.15, 0.2) is 53.0 Å². The first-order valence-corrected chi connectivity index (χ1v) is 8.15. The van der Waals surface area contributed by atoms with Gasteiger partial charge in [0.15, 0.2) is 6.61 Å². The Labute approximate surface area is 144 Å². The van der Waals surface area contributed by atoms with Gasteiger partial charge in [-0.05, 0) is 35.7 Å². The first-order chi connectivity index (χ1) is 11.1. The van der Waals surface area contributed by atoms with Crippen LogP contribution in [0.5, 0.6) is 0 Å². The zero-order valence-corrected chi connectivity index (χ0v) is 14.4. The predicted molar refractivity (Wildman–Crippen MR) is 93.3 cm³/mol. The van der Waals surface area contributed by atoms with Gasteiger partial charge in [0, 0.05) is 10.2 Å². The topological polar surface area (TPSA) is 55.4 Å². The maximum atomic E-state index is 11.9. The monoisotopic (exact) mass is 375 g/mol. The Hall–Kier alpha value is -2.14. The fourth-order valence-corrected chi connectivity index (χ4v) is 2.37. The molecule has 1 amide bonds. The molecule has 0 heterocycles. The van der Waals surface area contributed by atoms with E-state index in [9.17, 15) is 9.59 Å². The van der Waals surface area contributed by atoms with Crippen molar-refractivity contribution in [3.63, 3.8) is 0 Å². The smallest absolute Gasteiger partial charge is 0.310 e. The molecule has 0 saturated heterocycles. The summed E-state index contributed by atoms with van der Waals surface area (Å²) in [7, 11) is 0. The Balaban J connectivity index is 1.82. The molecule has 0 aliphatic rings. The summed E-state index contributed by atoms with van der Waals surface area (Å²) in [6.07, 6.45) is 0.964. The molecule has 4 nitrogen and oxygen atoms in total. The summed E-state index contributed by atoms with van der Waals surface area (Å²) in [6.45, 7) is 1.73. The van der Waals surface area contributed by atoms with E-state index in [0.717, 1.165) is 27.7 Å². The Morgan fingerprint density at radius 1 is 1.09 bits per heavy atom. The van der Waals surface area contributed by atoms with E-state index in [4.69, 9.17) is 4.74 Å². The van der Waals surface area contributed by atoms with E-state index in [1.54, 1.807) is 0 Å². The minimum atomic E-state index is -0.425. The van der Waals surface area contributed by atoms with Gasteiger partial charge < -0.3 is 10.1 Å². The van der Waals surface area contributed by atoms with Gasteiger partial charge in [-0.1, -0.05) is 53.2 Å². The molecule has 0 atom stereocenters. The average Bonchev–Trinajstić information content (AvgIpc) is 2.55. The number of rotatable bonds is 6. The molecule has 0 fully saturated rings. The Kier molecular flexibility index (Phi) is 6.35. The summed E-state index contributed by atoms with van der Waals surface area (Å²) in [5.74, 6) is -0.763. The SMILES string of the molecule is CCc1ccccc1NC(=O)COC(=O)Cc1ccc(Br)cc1. The van der Waals surface area contributed by atoms with Crippen LogP contribution in [0.3, 0.4) is 0 Å². The van der Waals surface area contributed by atoms with Crippen molar-refractivity contribution in [3.8, 4) is 0 Å². The van der Waals surface area contributed by atoms with Crippen LogP contribution in [0.4, 0.5) is 5.69 Å². The zero-order valence-electron chi connectivity index (χ0n) is 12.8. The largest absolute Gasteiger partial charge is 0.455 e. The standard InChI is InChI=1S/C18H18BrNO3/c1-2-14-5-3-4-6-16(14)20-17(21)12-23-18(22)11-13-7-9-15(19)10-8-13/h3-10H,2,11-12H2,1H3,(H,20,21). The normalized spacial score (nSPS) is 10.2. The summed E-state index contributed by atoms with van der Waals surface area (Å²) in [4.78, 5) is 23.7. The van der Waals surface area contributed by atoms with Crippen molar-refractivity contribution in [1.82, 2.24) is 0 Å². The highest BCUT2D eigenvalue weighted by molar-refractivity contribution is 9.10. The number of anilines is 1. The molecule has 2 rings (SSSR count). The molecular weight excluding hydrogens is 358 g/mol. The van der Waals surface area contributed by atoms with Gasteiger partial charge in [-0.3, -0.25) is 9.59 Å². The third-order valence-electron chi connectivity index (χ3n) is 3.30. The second-order valence-electron chi connectivity index (χ2n) is 5.02. The summed E-state index contributed by atoms with van der Waals surface area (Å²) in [6, 6.07) is 15.0. The maximum Gasteiger partial charge on any atom is 0.310 e. The maximum absolute atomic E-state index is 11.9. The fraction of sp³-hybridized carbons (Fsp3) is 0.222. The Morgan fingerprint density at radius 2 is 1.78 bits per heavy atom. The summed E-state index contributed by atoms with van der Waals surface area (Å²) in [5.41, 5.74) is 2.64. The van der Waals surface area contributed by atoms with Crippen molar-refractivity contribution in [2.24, 2.45) is 0 Å². The lowest BCUT2D eigenvalue weighted by atomic mass is 10.1. The summed E-state index contributed by atoms with van der Waals surface area (Å²) < 4.78 is 5.97. The number of esters is 1. The lowest BCUT2D eigenvalue weighted by Gasteiger charge is -2.10. The van der Waals surface area contributed by atoms with Gasteiger partial charge in [-0.15, -0.1) is 0 Å². The van der Waals surface area contributed by atoms with Gasteiger partial charge in [0.25, 0.3) is 5.91 Å². The van der Waals surface area contributed by atoms with Crippen molar-refractivity contribution in [3.05, 3.63) is 64.1 Å². The summed E-state index contributed by atoms with van der Waals surface area (Å²) in [5, 5.41) is 2.77. The van der Waals surface area contributed by atoms with Gasteiger partial charge in [-0.2, -0.15) is 0 Å². The van der Waals surface area contributed by atoms with Crippen LogP contribution in [0.25, 0.3) is 0 Å². The number of carbonyl (C=O) groups is 2. The number of hydrogen-bond acceptors (Lipinski definition) is 3. The zero-order chi connectivity index (χ0) is 16.7. The van der Waals surface area contributed by atoms with Gasteiger partial charge in [0.05, 0.1) is 6.42 Å². The third kappa shape index (κ3) is 5.53. The van der Waals surface area contributed by atoms with Crippen LogP contribution in [-0.2, 0) is 27.2 Å². The second kappa shape index (κ2) is 8.48. The molecule has 0 spiro atoms. The molecule has 0 radical (unpaired) electrons. The molecule has 0 saturated carbocycles. The van der Waals surface area contributed by atoms with Crippen LogP contribution < -0.4 is 5.32 Å². The number of aryl methyl sites for hydroxylation is 1. The molecule has 2 aromatic rings. The number of para-hydroxylation sites is 1. The van der Waals surface area contributed by atoms with Crippen LogP contribution in [0, 0.1) is 0 Å². The van der Waals surface area contributed by atoms with Crippen molar-refractivity contribution in [1.29, 1.82) is 0 Å². The van der Waals surface area contributed by atoms with E-state index < -0.39 is 5.97 Å². The number of amides is 1. The van der Waals surface area contributed by atoms with Crippen LogP contribution in [0.2, 0.25) is 0 Å². The highest BCUT2D eigenvalue weighted by Gasteiger charge is 2.10. The number of hydrogen-bond donors (Lipinski definition) is 1. The first kappa shape index (κ1) is 17.2. The van der Waals surface area contributed by atoms with E-state index >= 15 is 0 Å². The Morgan fingerprint density at radius 3 is 2.48 bits per heavy atom. The van der Waals surface area contributed by atoms with Gasteiger partial charge >= 0.3 is 5.97 Å². The first-order valence-electron chi connectivity index (χ1n) is 7.36. The third-order valence-corrected chi connectivity index (χ3v) is 3.83. The molecule has 1 N–H and O–H groups in total. The highest BCUT2D eigenvalue weighted by Crippen LogP contribution is 2.15. The fourth-order valence-electron chi connectivity index (χ4n) is 2.10. The number of halogens is 1. The van der Waals surface area contributed by atoms with Gasteiger partial charge in [-0.25, -0.2) is 0 Å². The lowest BCUT2D eigenvalue weighted by Crippen LogP contribution is -2.22. The van der Waals surface area contributed by atoms with Gasteiger partial charge in [0.2, 0.25) is 0 Å². The molecule has 0 unspecified atom stereocenters. The van der Waals surface area contributed by atoms with Crippen molar-refractivity contribution in [2.45, 2.75) is 19.8 Å². The molecule has 0 aliphatic carbocycles. The molecule has 5 heteroatoms. The molecule has 0 bridgehead atoms. The second-order valence-corrected chi connectivity index (χ2v) is 5.94. The minimum absolute atomic E-state index is 0.145. The predicted octanol–water partition coefficient (Wildman–Crippen LogP) is 3.74. The number of ether oxygens (including phenoxy) is 1. The van der Waals surface area contributed by atoms with E-state index in [1.807, 2.05) is 55.5 Å². The van der Waals surface area contributed by atoms with Crippen LogP contribution in [-0.4, -0.2) is 18.5 Å². The van der Waals surface area contributed by atoms with E-state index in [0.29, 0.717) is 0 Å². The van der Waals surface area contributed by atoms with Crippen LogP contribution >= 0.6 is 15.9 Å². The van der Waals surface area contributed by atoms with E-state index in [2.05, 4.69) is 21.2 Å². The van der Waals surface area contributed by atoms with Crippen molar-refractivity contribution >= 4 is 33.5 Å². The van der Waals surface area contributed by atoms with E-state index in [1.165, 1.54) is 0 Å². The molecular formula is C18H18BrNO3. The number of nitrogens with one attached hydrogen (secondary N) is 1. The molecule has 0 aromatic heterocycles. The molecule has 2 aromatic carbocycles. The Bertz CT molecular complexity index is 683. The molecule has 120 valence electrons. The number of carbonyl (C=O) groups excluding carboxylic acids is 2. The molecule has 0 aliphatic heterocycles. The number of benzene rings is 2.